The molecule has 3 rings (SSSR count). The molecule has 1 saturated heterocycles. The molecule has 0 aliphatic carbocycles. The highest BCUT2D eigenvalue weighted by molar-refractivity contribution is 5.79. The summed E-state index contributed by atoms with van der Waals surface area (Å²) < 4.78 is 5.28. The molecule has 1 aromatic carbocycles. The van der Waals surface area contributed by atoms with E-state index in [1.54, 1.807) is 7.11 Å². The van der Waals surface area contributed by atoms with Crippen molar-refractivity contribution in [2.45, 2.75) is 20.3 Å². The lowest BCUT2D eigenvalue weighted by molar-refractivity contribution is -0.130. The van der Waals surface area contributed by atoms with Crippen LogP contribution in [0.4, 0.5) is 11.6 Å². The van der Waals surface area contributed by atoms with Crippen LogP contribution in [0.3, 0.4) is 0 Å². The van der Waals surface area contributed by atoms with E-state index < -0.39 is 0 Å². The van der Waals surface area contributed by atoms with E-state index in [0.717, 1.165) is 48.1 Å². The van der Waals surface area contributed by atoms with Gasteiger partial charge in [-0.05, 0) is 43.2 Å². The summed E-state index contributed by atoms with van der Waals surface area (Å²) in [7, 11) is 1.66. The van der Waals surface area contributed by atoms with E-state index in [1.807, 2.05) is 49.1 Å². The first-order valence-electron chi connectivity index (χ1n) is 9.34. The number of piperazine rings is 1. The van der Waals surface area contributed by atoms with Crippen LogP contribution in [-0.4, -0.2) is 60.8 Å². The number of hydrogen-bond donors (Lipinski definition) is 1. The van der Waals surface area contributed by atoms with Gasteiger partial charge in [0.15, 0.2) is 5.82 Å². The van der Waals surface area contributed by atoms with Gasteiger partial charge < -0.3 is 19.9 Å². The predicted molar refractivity (Wildman–Crippen MR) is 106 cm³/mol. The minimum absolute atomic E-state index is 0.160. The second-order valence-corrected chi connectivity index (χ2v) is 6.66. The molecule has 1 aromatic heterocycles. The molecule has 0 atom stereocenters. The van der Waals surface area contributed by atoms with Crippen molar-refractivity contribution < 1.29 is 9.53 Å². The van der Waals surface area contributed by atoms with Gasteiger partial charge in [-0.1, -0.05) is 12.1 Å². The number of methoxy groups -OCH3 is 1. The number of rotatable bonds is 6. The second-order valence-electron chi connectivity index (χ2n) is 6.66. The maximum Gasteiger partial charge on any atom is 0.227 e. The smallest absolute Gasteiger partial charge is 0.227 e. The fourth-order valence-corrected chi connectivity index (χ4v) is 3.29. The van der Waals surface area contributed by atoms with E-state index in [2.05, 4.69) is 20.4 Å². The minimum atomic E-state index is 0.160. The van der Waals surface area contributed by atoms with Crippen LogP contribution in [0.25, 0.3) is 0 Å². The van der Waals surface area contributed by atoms with Crippen LogP contribution in [0.5, 0.6) is 5.75 Å². The third-order valence-electron chi connectivity index (χ3n) is 4.78. The molecule has 27 heavy (non-hydrogen) atoms. The van der Waals surface area contributed by atoms with Gasteiger partial charge in [-0.3, -0.25) is 4.79 Å². The van der Waals surface area contributed by atoms with Crippen LogP contribution in [0.2, 0.25) is 0 Å². The average molecular weight is 369 g/mol. The molecule has 0 bridgehead atoms. The summed E-state index contributed by atoms with van der Waals surface area (Å²) in [5, 5.41) is 11.6. The zero-order valence-electron chi connectivity index (χ0n) is 16.2. The van der Waals surface area contributed by atoms with Crippen LogP contribution < -0.4 is 15.0 Å². The molecular weight excluding hydrogens is 342 g/mol. The first-order chi connectivity index (χ1) is 13.1. The van der Waals surface area contributed by atoms with E-state index >= 15 is 0 Å². The number of amides is 1. The van der Waals surface area contributed by atoms with Gasteiger partial charge in [0.05, 0.1) is 13.5 Å². The Morgan fingerprint density at radius 3 is 2.52 bits per heavy atom. The molecule has 0 spiro atoms. The Balaban J connectivity index is 1.53. The number of aryl methyl sites for hydroxylation is 1. The summed E-state index contributed by atoms with van der Waals surface area (Å²) in [5.74, 6) is 2.65. The van der Waals surface area contributed by atoms with Gasteiger partial charge in [0.1, 0.15) is 11.6 Å². The fourth-order valence-electron chi connectivity index (χ4n) is 3.29. The maximum absolute atomic E-state index is 12.6. The summed E-state index contributed by atoms with van der Waals surface area (Å²) in [6.07, 6.45) is 0.419. The zero-order chi connectivity index (χ0) is 19.2. The number of nitrogens with zero attached hydrogens (tertiary/aromatic N) is 4. The summed E-state index contributed by atoms with van der Waals surface area (Å²) in [6.45, 7) is 7.77. The molecule has 2 heterocycles. The molecule has 1 aliphatic rings. The molecule has 7 heteroatoms. The van der Waals surface area contributed by atoms with Crippen LogP contribution >= 0.6 is 0 Å². The molecule has 0 unspecified atom stereocenters. The van der Waals surface area contributed by atoms with Crippen molar-refractivity contribution in [3.63, 3.8) is 0 Å². The van der Waals surface area contributed by atoms with Crippen molar-refractivity contribution in [3.05, 3.63) is 41.5 Å². The third kappa shape index (κ3) is 4.67. The Kier molecular flexibility index (Phi) is 6.11. The number of carbonyl (C=O) groups excluding carboxylic acids is 1. The summed E-state index contributed by atoms with van der Waals surface area (Å²) >= 11 is 0. The molecule has 2 aromatic rings. The van der Waals surface area contributed by atoms with Gasteiger partial charge in [-0.25, -0.2) is 0 Å². The molecule has 0 radical (unpaired) electrons. The number of hydrogen-bond acceptors (Lipinski definition) is 6. The van der Waals surface area contributed by atoms with Gasteiger partial charge in [-0.2, -0.15) is 0 Å². The highest BCUT2D eigenvalue weighted by Crippen LogP contribution is 2.20. The Bertz CT molecular complexity index is 770. The quantitative estimate of drug-likeness (QED) is 0.841. The summed E-state index contributed by atoms with van der Waals surface area (Å²) in [6, 6.07) is 9.82. The van der Waals surface area contributed by atoms with Gasteiger partial charge in [-0.15, -0.1) is 10.2 Å². The Hall–Kier alpha value is -2.83. The normalized spacial score (nSPS) is 14.2. The largest absolute Gasteiger partial charge is 0.496 e. The first-order valence-corrected chi connectivity index (χ1v) is 9.34. The molecule has 144 valence electrons. The van der Waals surface area contributed by atoms with Crippen molar-refractivity contribution in [2.24, 2.45) is 0 Å². The second kappa shape index (κ2) is 8.70. The van der Waals surface area contributed by atoms with E-state index in [4.69, 9.17) is 4.74 Å². The van der Waals surface area contributed by atoms with E-state index in [1.165, 1.54) is 0 Å². The van der Waals surface area contributed by atoms with E-state index in [9.17, 15) is 4.79 Å². The molecule has 7 nitrogen and oxygen atoms in total. The van der Waals surface area contributed by atoms with E-state index in [-0.39, 0.29) is 5.91 Å². The summed E-state index contributed by atoms with van der Waals surface area (Å²) in [5.41, 5.74) is 2.07. The lowest BCUT2D eigenvalue weighted by Gasteiger charge is -2.35. The number of ether oxygens (including phenoxy) is 1. The van der Waals surface area contributed by atoms with Gasteiger partial charge in [0.2, 0.25) is 5.91 Å². The standard InChI is InChI=1S/C20H27N5O2/c1-4-21-18-7-8-19(23-22-18)24-9-11-25(12-10-24)20(26)14-16-5-6-17(27-3)15(2)13-16/h5-8,13H,4,9-12,14H2,1-3H3,(H,21,22). The highest BCUT2D eigenvalue weighted by Gasteiger charge is 2.22. The zero-order valence-corrected chi connectivity index (χ0v) is 16.2. The van der Waals surface area contributed by atoms with Crippen LogP contribution in [0.15, 0.2) is 30.3 Å². The number of nitrogens with one attached hydrogen (secondary N) is 1. The molecule has 0 saturated carbocycles. The van der Waals surface area contributed by atoms with Crippen molar-refractivity contribution in [2.75, 3.05) is 50.1 Å². The number of carbonyl (C=O) groups is 1. The predicted octanol–water partition coefficient (Wildman–Crippen LogP) is 2.12. The minimum Gasteiger partial charge on any atom is -0.496 e. The molecule has 1 fully saturated rings. The van der Waals surface area contributed by atoms with E-state index in [0.29, 0.717) is 19.5 Å². The molecular formula is C20H27N5O2. The molecule has 1 aliphatic heterocycles. The van der Waals surface area contributed by atoms with Crippen LogP contribution in [0, 0.1) is 6.92 Å². The summed E-state index contributed by atoms with van der Waals surface area (Å²) in [4.78, 5) is 16.7. The van der Waals surface area contributed by atoms with Crippen molar-refractivity contribution in [1.82, 2.24) is 15.1 Å². The molecule has 1 N–H and O–H groups in total. The van der Waals surface area contributed by atoms with Crippen LogP contribution in [0.1, 0.15) is 18.1 Å². The SMILES string of the molecule is CCNc1ccc(N2CCN(C(=O)Cc3ccc(OC)c(C)c3)CC2)nn1. The highest BCUT2D eigenvalue weighted by atomic mass is 16.5. The monoisotopic (exact) mass is 369 g/mol. The molecule has 1 amide bonds. The van der Waals surface area contributed by atoms with Gasteiger partial charge in [0.25, 0.3) is 0 Å². The van der Waals surface area contributed by atoms with Gasteiger partial charge >= 0.3 is 0 Å². The maximum atomic E-state index is 12.6. The Morgan fingerprint density at radius 2 is 1.93 bits per heavy atom. The van der Waals surface area contributed by atoms with Crippen molar-refractivity contribution >= 4 is 17.5 Å². The topological polar surface area (TPSA) is 70.6 Å². The lowest BCUT2D eigenvalue weighted by Crippen LogP contribution is -2.49. The van der Waals surface area contributed by atoms with Gasteiger partial charge in [0, 0.05) is 32.7 Å². The third-order valence-corrected chi connectivity index (χ3v) is 4.78. The lowest BCUT2D eigenvalue weighted by atomic mass is 10.1. The number of anilines is 2. The first kappa shape index (κ1) is 18.9. The number of aromatic nitrogens is 2. The Labute approximate surface area is 160 Å². The average Bonchev–Trinajstić information content (AvgIpc) is 2.69. The fraction of sp³-hybridized carbons (Fsp3) is 0.450. The van der Waals surface area contributed by atoms with Crippen molar-refractivity contribution in [3.8, 4) is 5.75 Å². The van der Waals surface area contributed by atoms with Crippen LogP contribution in [-0.2, 0) is 11.2 Å². The Morgan fingerprint density at radius 1 is 1.15 bits per heavy atom. The van der Waals surface area contributed by atoms with Crippen molar-refractivity contribution in [1.29, 1.82) is 0 Å². The number of benzene rings is 1.